The van der Waals surface area contributed by atoms with Crippen LogP contribution in [0.3, 0.4) is 0 Å². The summed E-state index contributed by atoms with van der Waals surface area (Å²) >= 11 is 0. The topological polar surface area (TPSA) is 27.0 Å². The maximum atomic E-state index is 13.3. The Kier molecular flexibility index (Phi) is 4.26. The van der Waals surface area contributed by atoms with Gasteiger partial charge in [-0.1, -0.05) is 18.2 Å². The van der Waals surface area contributed by atoms with Crippen LogP contribution in [0.25, 0.3) is 0 Å². The quantitative estimate of drug-likeness (QED) is 0.757. The first-order chi connectivity index (χ1) is 7.15. The van der Waals surface area contributed by atoms with Gasteiger partial charge in [0.15, 0.2) is 0 Å². The number of nitrogens with zero attached hydrogens (tertiary/aromatic N) is 2. The zero-order chi connectivity index (χ0) is 11.3. The zero-order valence-electron chi connectivity index (χ0n) is 9.07. The third kappa shape index (κ3) is 3.34. The molecule has 0 fully saturated rings. The number of hydrogen-bond acceptors (Lipinski definition) is 2. The van der Waals surface area contributed by atoms with E-state index < -0.39 is 0 Å². The van der Waals surface area contributed by atoms with Crippen LogP contribution in [0.2, 0.25) is 0 Å². The van der Waals surface area contributed by atoms with E-state index in [4.69, 9.17) is 5.26 Å². The van der Waals surface area contributed by atoms with Gasteiger partial charge in [0.05, 0.1) is 12.5 Å². The summed E-state index contributed by atoms with van der Waals surface area (Å²) in [6.45, 7) is 2.50. The van der Waals surface area contributed by atoms with Gasteiger partial charge in [-0.3, -0.25) is 4.90 Å². The highest BCUT2D eigenvalue weighted by Gasteiger charge is 2.10. The summed E-state index contributed by atoms with van der Waals surface area (Å²) in [4.78, 5) is 1.97. The van der Waals surface area contributed by atoms with Crippen LogP contribution < -0.4 is 0 Å². The predicted octanol–water partition coefficient (Wildman–Crippen LogP) is 2.56. The second kappa shape index (κ2) is 5.47. The largest absolute Gasteiger partial charge is 0.298 e. The van der Waals surface area contributed by atoms with Crippen LogP contribution in [0.1, 0.15) is 18.9 Å². The van der Waals surface area contributed by atoms with Crippen molar-refractivity contribution in [3.63, 3.8) is 0 Å². The van der Waals surface area contributed by atoms with Crippen LogP contribution in [0.5, 0.6) is 0 Å². The molecule has 1 aromatic rings. The molecule has 1 rings (SSSR count). The third-order valence-corrected chi connectivity index (χ3v) is 2.52. The fourth-order valence-electron chi connectivity index (χ4n) is 1.34. The normalized spacial score (nSPS) is 12.5. The Bertz CT molecular complexity index is 357. The molecule has 0 aliphatic heterocycles. The van der Waals surface area contributed by atoms with Crippen molar-refractivity contribution in [3.8, 4) is 6.07 Å². The monoisotopic (exact) mass is 206 g/mol. The summed E-state index contributed by atoms with van der Waals surface area (Å²) < 4.78 is 13.3. The summed E-state index contributed by atoms with van der Waals surface area (Å²) in [7, 11) is 1.90. The fraction of sp³-hybridized carbons (Fsp3) is 0.417. The van der Waals surface area contributed by atoms with Crippen LogP contribution in [0.4, 0.5) is 4.39 Å². The lowest BCUT2D eigenvalue weighted by Crippen LogP contribution is -2.28. The van der Waals surface area contributed by atoms with Gasteiger partial charge in [-0.2, -0.15) is 5.26 Å². The molecular weight excluding hydrogens is 191 g/mol. The second-order valence-corrected chi connectivity index (χ2v) is 3.72. The van der Waals surface area contributed by atoms with Crippen LogP contribution in [0.15, 0.2) is 24.3 Å². The molecule has 80 valence electrons. The molecule has 0 saturated heterocycles. The van der Waals surface area contributed by atoms with Gasteiger partial charge in [0.1, 0.15) is 5.82 Å². The van der Waals surface area contributed by atoms with Gasteiger partial charge in [0.2, 0.25) is 0 Å². The minimum absolute atomic E-state index is 0.148. The van der Waals surface area contributed by atoms with E-state index in [0.29, 0.717) is 18.5 Å². The van der Waals surface area contributed by atoms with Gasteiger partial charge in [-0.05, 0) is 20.0 Å². The molecule has 0 bridgehead atoms. The maximum Gasteiger partial charge on any atom is 0.127 e. The van der Waals surface area contributed by atoms with Gasteiger partial charge >= 0.3 is 0 Å². The lowest BCUT2D eigenvalue weighted by molar-refractivity contribution is 0.249. The molecule has 0 spiro atoms. The van der Waals surface area contributed by atoms with Gasteiger partial charge in [0, 0.05) is 18.2 Å². The van der Waals surface area contributed by atoms with Crippen molar-refractivity contribution >= 4 is 0 Å². The number of halogens is 1. The lowest BCUT2D eigenvalue weighted by atomic mass is 10.1. The standard InChI is InChI=1S/C12H15FN2/c1-10(7-8-14)15(2)9-11-5-3-4-6-12(11)13/h3-6,10H,7,9H2,1-2H3. The molecule has 2 nitrogen and oxygen atoms in total. The molecule has 0 saturated carbocycles. The smallest absolute Gasteiger partial charge is 0.127 e. The molecule has 0 amide bonds. The summed E-state index contributed by atoms with van der Waals surface area (Å²) in [5, 5.41) is 8.56. The third-order valence-electron chi connectivity index (χ3n) is 2.52. The van der Waals surface area contributed by atoms with Crippen LogP contribution in [0, 0.1) is 17.1 Å². The second-order valence-electron chi connectivity index (χ2n) is 3.72. The van der Waals surface area contributed by atoms with Gasteiger partial charge in [0.25, 0.3) is 0 Å². The Hall–Kier alpha value is -1.40. The Morgan fingerprint density at radius 3 is 2.73 bits per heavy atom. The molecule has 0 aromatic heterocycles. The van der Waals surface area contributed by atoms with Gasteiger partial charge < -0.3 is 0 Å². The van der Waals surface area contributed by atoms with Crippen molar-refractivity contribution in [2.75, 3.05) is 7.05 Å². The molecule has 0 N–H and O–H groups in total. The van der Waals surface area contributed by atoms with Crippen molar-refractivity contribution < 1.29 is 4.39 Å². The van der Waals surface area contributed by atoms with Gasteiger partial charge in [-0.25, -0.2) is 4.39 Å². The number of hydrogen-bond donors (Lipinski definition) is 0. The summed E-state index contributed by atoms with van der Waals surface area (Å²) in [5.41, 5.74) is 0.671. The molecular formula is C12H15FN2. The van der Waals surface area contributed by atoms with E-state index in [0.717, 1.165) is 0 Å². The Labute approximate surface area is 89.9 Å². The Morgan fingerprint density at radius 1 is 1.47 bits per heavy atom. The molecule has 1 aromatic carbocycles. The van der Waals surface area contributed by atoms with Crippen molar-refractivity contribution in [2.24, 2.45) is 0 Å². The van der Waals surface area contributed by atoms with Crippen molar-refractivity contribution in [2.45, 2.75) is 25.9 Å². The van der Waals surface area contributed by atoms with E-state index in [1.165, 1.54) is 6.07 Å². The number of benzene rings is 1. The summed E-state index contributed by atoms with van der Waals surface area (Å²) in [6, 6.07) is 8.99. The molecule has 0 heterocycles. The first-order valence-corrected chi connectivity index (χ1v) is 4.95. The van der Waals surface area contributed by atoms with E-state index >= 15 is 0 Å². The van der Waals surface area contributed by atoms with Crippen molar-refractivity contribution in [1.82, 2.24) is 4.90 Å². The average Bonchev–Trinajstić information content (AvgIpc) is 2.21. The van der Waals surface area contributed by atoms with E-state index in [1.807, 2.05) is 24.9 Å². The number of nitriles is 1. The van der Waals surface area contributed by atoms with Crippen LogP contribution in [-0.2, 0) is 6.54 Å². The zero-order valence-corrected chi connectivity index (χ0v) is 9.07. The first kappa shape index (κ1) is 11.7. The summed E-state index contributed by atoms with van der Waals surface area (Å²) in [5.74, 6) is -0.187. The maximum absolute atomic E-state index is 13.3. The Morgan fingerprint density at radius 2 is 2.13 bits per heavy atom. The van der Waals surface area contributed by atoms with E-state index in [2.05, 4.69) is 6.07 Å². The Balaban J connectivity index is 2.63. The molecule has 1 unspecified atom stereocenters. The molecule has 0 radical (unpaired) electrons. The molecule has 15 heavy (non-hydrogen) atoms. The SMILES string of the molecule is CC(CC#N)N(C)Cc1ccccc1F. The van der Waals surface area contributed by atoms with Crippen molar-refractivity contribution in [1.29, 1.82) is 5.26 Å². The molecule has 0 aliphatic carbocycles. The highest BCUT2D eigenvalue weighted by atomic mass is 19.1. The molecule has 1 atom stereocenters. The van der Waals surface area contributed by atoms with E-state index in [9.17, 15) is 4.39 Å². The first-order valence-electron chi connectivity index (χ1n) is 4.95. The van der Waals surface area contributed by atoms with Crippen LogP contribution >= 0.6 is 0 Å². The highest BCUT2D eigenvalue weighted by molar-refractivity contribution is 5.17. The van der Waals surface area contributed by atoms with Crippen LogP contribution in [-0.4, -0.2) is 18.0 Å². The predicted molar refractivity (Wildman–Crippen MR) is 57.6 cm³/mol. The lowest BCUT2D eigenvalue weighted by Gasteiger charge is -2.22. The van der Waals surface area contributed by atoms with E-state index in [1.54, 1.807) is 12.1 Å². The summed E-state index contributed by atoms with van der Waals surface area (Å²) in [6.07, 6.45) is 0.463. The molecule has 3 heteroatoms. The van der Waals surface area contributed by atoms with Gasteiger partial charge in [-0.15, -0.1) is 0 Å². The highest BCUT2D eigenvalue weighted by Crippen LogP contribution is 2.11. The average molecular weight is 206 g/mol. The van der Waals surface area contributed by atoms with Crippen molar-refractivity contribution in [3.05, 3.63) is 35.6 Å². The number of rotatable bonds is 4. The fourth-order valence-corrected chi connectivity index (χ4v) is 1.34. The minimum Gasteiger partial charge on any atom is -0.298 e. The minimum atomic E-state index is -0.187. The molecule has 0 aliphatic rings. The van der Waals surface area contributed by atoms with E-state index in [-0.39, 0.29) is 11.9 Å².